The van der Waals surface area contributed by atoms with Gasteiger partial charge >= 0.3 is 11.7 Å². The lowest BCUT2D eigenvalue weighted by Gasteiger charge is -2.05. The van der Waals surface area contributed by atoms with Crippen molar-refractivity contribution in [2.45, 2.75) is 19.9 Å². The molecule has 0 aliphatic carbocycles. The second kappa shape index (κ2) is 3.60. The van der Waals surface area contributed by atoms with E-state index in [1.54, 1.807) is 9.13 Å². The summed E-state index contributed by atoms with van der Waals surface area (Å²) in [5.74, 6) is 0.624. The molecule has 1 rings (SSSR count). The first-order chi connectivity index (χ1) is 6.02. The molecule has 0 spiro atoms. The molecular weight excluding hydrogens is 166 g/mol. The van der Waals surface area contributed by atoms with E-state index in [0.717, 1.165) is 0 Å². The molecule has 1 aromatic rings. The van der Waals surface area contributed by atoms with Gasteiger partial charge in [-0.2, -0.15) is 0 Å². The molecule has 1 amide bonds. The minimum atomic E-state index is -0.0370. The number of aryl methyl sites for hydroxylation is 2. The van der Waals surface area contributed by atoms with Gasteiger partial charge in [-0.05, 0) is 13.8 Å². The Morgan fingerprint density at radius 2 is 2.23 bits per heavy atom. The summed E-state index contributed by atoms with van der Waals surface area (Å²) >= 11 is 0. The summed E-state index contributed by atoms with van der Waals surface area (Å²) in [6.45, 7) is 3.89. The van der Waals surface area contributed by atoms with Crippen LogP contribution < -0.4 is 9.88 Å². The van der Waals surface area contributed by atoms with Gasteiger partial charge in [-0.1, -0.05) is 0 Å². The zero-order valence-corrected chi connectivity index (χ0v) is 8.53. The van der Waals surface area contributed by atoms with Gasteiger partial charge in [0.05, 0.1) is 14.1 Å². The molecule has 0 aliphatic rings. The van der Waals surface area contributed by atoms with Gasteiger partial charge < -0.3 is 5.32 Å². The highest BCUT2D eigenvalue weighted by molar-refractivity contribution is 5.89. The lowest BCUT2D eigenvalue weighted by atomic mass is 10.4. The number of nitrogens with zero attached hydrogens (tertiary/aromatic N) is 2. The summed E-state index contributed by atoms with van der Waals surface area (Å²) in [7, 11) is 3.71. The van der Waals surface area contributed by atoms with E-state index in [-0.39, 0.29) is 11.9 Å². The zero-order valence-electron chi connectivity index (χ0n) is 8.53. The van der Waals surface area contributed by atoms with Crippen LogP contribution >= 0.6 is 0 Å². The number of aromatic nitrogens is 2. The van der Waals surface area contributed by atoms with Gasteiger partial charge in [-0.15, -0.1) is 0 Å². The lowest BCUT2D eigenvalue weighted by molar-refractivity contribution is -0.673. The first-order valence-electron chi connectivity index (χ1n) is 4.34. The van der Waals surface area contributed by atoms with Gasteiger partial charge in [0.15, 0.2) is 0 Å². The molecule has 1 aromatic heterocycles. The molecule has 13 heavy (non-hydrogen) atoms. The Morgan fingerprint density at radius 3 is 2.62 bits per heavy atom. The number of carbonyl (C=O) groups excluding carboxylic acids is 1. The average Bonchev–Trinajstić information content (AvgIpc) is 2.29. The van der Waals surface area contributed by atoms with Crippen molar-refractivity contribution in [3.05, 3.63) is 18.2 Å². The fraction of sp³-hybridized carbons (Fsp3) is 0.556. The second-order valence-electron chi connectivity index (χ2n) is 3.47. The van der Waals surface area contributed by atoms with E-state index >= 15 is 0 Å². The Hall–Kier alpha value is -1.32. The first-order valence-corrected chi connectivity index (χ1v) is 4.34. The largest absolute Gasteiger partial charge is 0.347 e. The van der Waals surface area contributed by atoms with E-state index in [0.29, 0.717) is 5.82 Å². The predicted octanol–water partition coefficient (Wildman–Crippen LogP) is -0.0122. The highest BCUT2D eigenvalue weighted by atomic mass is 16.2. The fourth-order valence-corrected chi connectivity index (χ4v) is 1.24. The van der Waals surface area contributed by atoms with Crippen LogP contribution in [0.25, 0.3) is 0 Å². The van der Waals surface area contributed by atoms with E-state index in [4.69, 9.17) is 0 Å². The van der Waals surface area contributed by atoms with Crippen molar-refractivity contribution in [3.63, 3.8) is 0 Å². The van der Waals surface area contributed by atoms with Crippen LogP contribution in [0.4, 0.5) is 0 Å². The van der Waals surface area contributed by atoms with E-state index in [1.165, 1.54) is 0 Å². The predicted molar refractivity (Wildman–Crippen MR) is 49.2 cm³/mol. The summed E-state index contributed by atoms with van der Waals surface area (Å²) < 4.78 is 3.61. The maximum Gasteiger partial charge on any atom is 0.347 e. The minimum Gasteiger partial charge on any atom is -0.343 e. The van der Waals surface area contributed by atoms with Crippen LogP contribution in [0.15, 0.2) is 12.4 Å². The van der Waals surface area contributed by atoms with Gasteiger partial charge in [-0.3, -0.25) is 4.79 Å². The second-order valence-corrected chi connectivity index (χ2v) is 3.47. The number of hydrogen-bond donors (Lipinski definition) is 1. The van der Waals surface area contributed by atoms with E-state index in [1.807, 2.05) is 40.3 Å². The van der Waals surface area contributed by atoms with Crippen LogP contribution in [0.5, 0.6) is 0 Å². The average molecular weight is 182 g/mol. The molecule has 1 heterocycles. The van der Waals surface area contributed by atoms with Crippen molar-refractivity contribution >= 4 is 5.91 Å². The van der Waals surface area contributed by atoms with Crippen LogP contribution in [0.3, 0.4) is 0 Å². The molecule has 4 heteroatoms. The monoisotopic (exact) mass is 182 g/mol. The van der Waals surface area contributed by atoms with Gasteiger partial charge in [0.25, 0.3) is 0 Å². The molecule has 0 unspecified atom stereocenters. The fourth-order valence-electron chi connectivity index (χ4n) is 1.24. The molecule has 0 aliphatic heterocycles. The molecule has 0 radical (unpaired) electrons. The van der Waals surface area contributed by atoms with E-state index < -0.39 is 0 Å². The smallest absolute Gasteiger partial charge is 0.343 e. The van der Waals surface area contributed by atoms with Crippen LogP contribution in [-0.4, -0.2) is 16.5 Å². The third-order valence-electron chi connectivity index (χ3n) is 1.80. The maximum atomic E-state index is 11.6. The highest BCUT2D eigenvalue weighted by Crippen LogP contribution is 1.92. The SMILES string of the molecule is CC(C)NC(=O)c1n(C)cc[n+]1C. The van der Waals surface area contributed by atoms with Crippen LogP contribution in [0, 0.1) is 0 Å². The molecule has 0 aromatic carbocycles. The van der Waals surface area contributed by atoms with Crippen LogP contribution in [0.2, 0.25) is 0 Å². The Morgan fingerprint density at radius 1 is 1.62 bits per heavy atom. The Bertz CT molecular complexity index is 295. The Labute approximate surface area is 78.2 Å². The quantitative estimate of drug-likeness (QED) is 0.642. The molecule has 0 fully saturated rings. The van der Waals surface area contributed by atoms with Crippen molar-refractivity contribution in [1.29, 1.82) is 0 Å². The molecule has 1 N–H and O–H groups in total. The topological polar surface area (TPSA) is 37.9 Å². The summed E-state index contributed by atoms with van der Waals surface area (Å²) in [4.78, 5) is 11.6. The van der Waals surface area contributed by atoms with Crippen molar-refractivity contribution in [2.75, 3.05) is 0 Å². The summed E-state index contributed by atoms with van der Waals surface area (Å²) in [6, 6.07) is 0.169. The maximum absolute atomic E-state index is 11.6. The minimum absolute atomic E-state index is 0.0370. The molecule has 0 bridgehead atoms. The van der Waals surface area contributed by atoms with Gasteiger partial charge in [-0.25, -0.2) is 9.13 Å². The Balaban J connectivity index is 2.88. The third kappa shape index (κ3) is 2.08. The third-order valence-corrected chi connectivity index (χ3v) is 1.80. The molecule has 0 saturated carbocycles. The van der Waals surface area contributed by atoms with Crippen LogP contribution in [0.1, 0.15) is 24.5 Å². The number of amides is 1. The molecule has 4 nitrogen and oxygen atoms in total. The lowest BCUT2D eigenvalue weighted by Crippen LogP contribution is -2.42. The van der Waals surface area contributed by atoms with Crippen LogP contribution in [-0.2, 0) is 14.1 Å². The summed E-state index contributed by atoms with van der Waals surface area (Å²) in [5, 5.41) is 2.85. The standard InChI is InChI=1S/C9H15N3O/c1-7(2)10-8(13)9-11(3)5-6-12(9)4/h5-7H,1-4H3/p+1. The van der Waals surface area contributed by atoms with Gasteiger partial charge in [0, 0.05) is 6.04 Å². The summed E-state index contributed by atoms with van der Waals surface area (Å²) in [6.07, 6.45) is 3.71. The highest BCUT2D eigenvalue weighted by Gasteiger charge is 2.21. The number of hydrogen-bond acceptors (Lipinski definition) is 1. The number of nitrogens with one attached hydrogen (secondary N) is 1. The van der Waals surface area contributed by atoms with Crippen molar-refractivity contribution in [3.8, 4) is 0 Å². The molecular formula is C9H16N3O+. The summed E-state index contributed by atoms with van der Waals surface area (Å²) in [5.41, 5.74) is 0. The number of carbonyl (C=O) groups is 1. The van der Waals surface area contributed by atoms with E-state index in [9.17, 15) is 4.79 Å². The zero-order chi connectivity index (χ0) is 10.0. The molecule has 72 valence electrons. The number of rotatable bonds is 2. The van der Waals surface area contributed by atoms with Crippen molar-refractivity contribution in [1.82, 2.24) is 9.88 Å². The normalized spacial score (nSPS) is 10.5. The Kier molecular flexibility index (Phi) is 2.70. The van der Waals surface area contributed by atoms with Gasteiger partial charge in [0.2, 0.25) is 0 Å². The first kappa shape index (κ1) is 9.77. The van der Waals surface area contributed by atoms with Gasteiger partial charge in [0.1, 0.15) is 12.4 Å². The number of imidazole rings is 1. The van der Waals surface area contributed by atoms with Crippen molar-refractivity contribution < 1.29 is 9.36 Å². The van der Waals surface area contributed by atoms with E-state index in [2.05, 4.69) is 5.32 Å². The molecule has 0 saturated heterocycles. The molecule has 0 atom stereocenters. The van der Waals surface area contributed by atoms with Crippen molar-refractivity contribution in [2.24, 2.45) is 14.1 Å².